The van der Waals surface area contributed by atoms with Gasteiger partial charge in [-0.05, 0) is 0 Å². The fourth-order valence-electron chi connectivity index (χ4n) is 0.527. The van der Waals surface area contributed by atoms with Crippen LogP contribution >= 0.6 is 10.1 Å². The molecule has 0 spiro atoms. The second-order valence-corrected chi connectivity index (χ2v) is 4.92. The molecule has 13 heavy (non-hydrogen) atoms. The molecule has 0 radical (unpaired) electrons. The van der Waals surface area contributed by atoms with Crippen molar-refractivity contribution in [1.82, 2.24) is 0 Å². The number of hydrogen-bond acceptors (Lipinski definition) is 1. The summed E-state index contributed by atoms with van der Waals surface area (Å²) < 4.78 is 11.4. The average molecular weight is 341 g/mol. The summed E-state index contributed by atoms with van der Waals surface area (Å²) in [6.07, 6.45) is 0. The molecule has 0 bridgehead atoms. The molecular formula is C6H5AlCl4OSe. The normalized spacial score (nSPS) is 9.00. The van der Waals surface area contributed by atoms with Crippen molar-refractivity contribution in [3.63, 3.8) is 0 Å². The first-order chi connectivity index (χ1) is 4.30. The smallest absolute Gasteiger partial charge is 1.00 e. The van der Waals surface area contributed by atoms with Gasteiger partial charge in [-0.1, -0.05) is 0 Å². The molecule has 0 N–H and O–H groups in total. The maximum atomic E-state index is 10.6. The third-order valence-electron chi connectivity index (χ3n) is 0.929. The van der Waals surface area contributed by atoms with Crippen LogP contribution < -0.4 is 41.7 Å². The zero-order valence-electron chi connectivity index (χ0n) is 6.29. The number of halogens is 4. The van der Waals surface area contributed by atoms with E-state index in [-0.39, 0.29) is 54.6 Å². The van der Waals surface area contributed by atoms with Crippen molar-refractivity contribution < 1.29 is 41.1 Å². The van der Waals surface area contributed by atoms with E-state index in [4.69, 9.17) is 10.1 Å². The van der Waals surface area contributed by atoms with Crippen LogP contribution in [-0.4, -0.2) is 30.3 Å². The summed E-state index contributed by atoms with van der Waals surface area (Å²) in [6, 6.07) is 9.06. The van der Waals surface area contributed by atoms with E-state index in [1.165, 1.54) is 0 Å². The standard InChI is InChI=1S/C6H5ClOSe.Al.3ClH/c7-9(8)6-4-2-1-3-5-6;;;;/h1-5H;;3*1H/q;+3;;;/p-3. The Labute approximate surface area is 115 Å². The fraction of sp³-hybridized carbons (Fsp3) is 0. The monoisotopic (exact) mass is 340 g/mol. The predicted octanol–water partition coefficient (Wildman–Crippen LogP) is -8.32. The van der Waals surface area contributed by atoms with E-state index in [1.807, 2.05) is 18.2 Å². The van der Waals surface area contributed by atoms with Crippen molar-refractivity contribution in [1.29, 1.82) is 0 Å². The summed E-state index contributed by atoms with van der Waals surface area (Å²) in [5.74, 6) is 0. The summed E-state index contributed by atoms with van der Waals surface area (Å²) in [7, 11) is 5.37. The van der Waals surface area contributed by atoms with Crippen LogP contribution in [0.25, 0.3) is 0 Å². The van der Waals surface area contributed by atoms with Crippen LogP contribution in [0.15, 0.2) is 30.3 Å². The van der Waals surface area contributed by atoms with E-state index in [2.05, 4.69) is 0 Å². The van der Waals surface area contributed by atoms with E-state index in [0.29, 0.717) is 0 Å². The molecule has 1 atom stereocenters. The molecule has 1 rings (SSSR count). The molecule has 72 valence electrons. The van der Waals surface area contributed by atoms with Gasteiger partial charge in [-0.25, -0.2) is 0 Å². The molecule has 0 amide bonds. The van der Waals surface area contributed by atoms with Crippen molar-refractivity contribution >= 4 is 44.8 Å². The van der Waals surface area contributed by atoms with Crippen molar-refractivity contribution in [3.8, 4) is 0 Å². The van der Waals surface area contributed by atoms with Crippen LogP contribution in [0.3, 0.4) is 0 Å². The maximum Gasteiger partial charge on any atom is 3.00 e. The third-order valence-corrected chi connectivity index (χ3v) is 3.20. The largest absolute Gasteiger partial charge is 3.00 e. The fourth-order valence-corrected chi connectivity index (χ4v) is 1.84. The van der Waals surface area contributed by atoms with Gasteiger partial charge >= 0.3 is 79.0 Å². The van der Waals surface area contributed by atoms with E-state index < -0.39 is 12.9 Å². The number of rotatable bonds is 1. The molecule has 1 nitrogen and oxygen atoms in total. The number of hydrogen-bond donors (Lipinski definition) is 0. The maximum absolute atomic E-state index is 10.6. The van der Waals surface area contributed by atoms with Gasteiger partial charge in [-0.2, -0.15) is 0 Å². The molecule has 0 fully saturated rings. The van der Waals surface area contributed by atoms with Crippen LogP contribution in [-0.2, 0) is 3.83 Å². The first kappa shape index (κ1) is 23.8. The minimum atomic E-state index is -2.19. The molecule has 1 aromatic rings. The molecule has 0 aromatic heterocycles. The molecule has 0 aliphatic heterocycles. The van der Waals surface area contributed by atoms with Crippen LogP contribution in [0.5, 0.6) is 0 Å². The molecule has 0 saturated heterocycles. The van der Waals surface area contributed by atoms with Crippen LogP contribution in [0.4, 0.5) is 0 Å². The van der Waals surface area contributed by atoms with Crippen molar-refractivity contribution in [2.45, 2.75) is 0 Å². The molecule has 0 aliphatic carbocycles. The molecule has 1 aromatic carbocycles. The first-order valence-corrected chi connectivity index (χ1v) is 6.24. The van der Waals surface area contributed by atoms with E-state index in [0.717, 1.165) is 4.46 Å². The van der Waals surface area contributed by atoms with Gasteiger partial charge in [0.25, 0.3) is 0 Å². The van der Waals surface area contributed by atoms with Gasteiger partial charge in [0.05, 0.1) is 0 Å². The van der Waals surface area contributed by atoms with Gasteiger partial charge in [-0.15, -0.1) is 0 Å². The molecule has 0 aliphatic rings. The summed E-state index contributed by atoms with van der Waals surface area (Å²) in [6.45, 7) is 0. The summed E-state index contributed by atoms with van der Waals surface area (Å²) >= 11 is -2.19. The summed E-state index contributed by atoms with van der Waals surface area (Å²) in [5.41, 5.74) is 0. The number of benzene rings is 1. The molecular weight excluding hydrogens is 336 g/mol. The zero-order valence-corrected chi connectivity index (χ0v) is 12.2. The SMILES string of the molecule is O=[Se](Cl)c1ccccc1.[Al+3].[Cl-].[Cl-].[Cl-]. The average Bonchev–Trinajstić information content (AvgIpc) is 1.90. The molecule has 0 saturated carbocycles. The van der Waals surface area contributed by atoms with Gasteiger partial charge in [-0.3, -0.25) is 0 Å². The molecule has 7 heteroatoms. The zero-order chi connectivity index (χ0) is 6.69. The van der Waals surface area contributed by atoms with Gasteiger partial charge in [0.15, 0.2) is 0 Å². The minimum Gasteiger partial charge on any atom is -1.00 e. The molecule has 1 unspecified atom stereocenters. The Hall–Kier alpha value is 1.23. The van der Waals surface area contributed by atoms with Gasteiger partial charge in [0, 0.05) is 0 Å². The Kier molecular flexibility index (Phi) is 24.2. The van der Waals surface area contributed by atoms with Crippen LogP contribution in [0.1, 0.15) is 0 Å². The molecule has 0 heterocycles. The van der Waals surface area contributed by atoms with E-state index >= 15 is 0 Å². The third kappa shape index (κ3) is 9.53. The minimum absolute atomic E-state index is 0. The second kappa shape index (κ2) is 13.2. The predicted molar refractivity (Wildman–Crippen MR) is 44.1 cm³/mol. The van der Waals surface area contributed by atoms with Crippen molar-refractivity contribution in [2.24, 2.45) is 0 Å². The van der Waals surface area contributed by atoms with Crippen LogP contribution in [0, 0.1) is 0 Å². The Morgan fingerprint density at radius 1 is 1.00 bits per heavy atom. The quantitative estimate of drug-likeness (QED) is 0.464. The van der Waals surface area contributed by atoms with Crippen molar-refractivity contribution in [3.05, 3.63) is 30.3 Å². The Balaban J connectivity index is -0.000000101. The second-order valence-electron chi connectivity index (χ2n) is 1.54. The van der Waals surface area contributed by atoms with Gasteiger partial charge < -0.3 is 37.2 Å². The van der Waals surface area contributed by atoms with Gasteiger partial charge in [0.2, 0.25) is 0 Å². The Bertz CT molecular complexity index is 221. The Morgan fingerprint density at radius 3 is 1.62 bits per heavy atom. The van der Waals surface area contributed by atoms with Gasteiger partial charge in [0.1, 0.15) is 0 Å². The first-order valence-electron chi connectivity index (χ1n) is 2.44. The Morgan fingerprint density at radius 2 is 1.38 bits per heavy atom. The van der Waals surface area contributed by atoms with Crippen LogP contribution in [0.2, 0.25) is 0 Å². The van der Waals surface area contributed by atoms with E-state index in [9.17, 15) is 3.83 Å². The van der Waals surface area contributed by atoms with E-state index in [1.54, 1.807) is 12.1 Å². The topological polar surface area (TPSA) is 17.1 Å². The summed E-state index contributed by atoms with van der Waals surface area (Å²) in [5, 5.41) is 0. The van der Waals surface area contributed by atoms with Crippen molar-refractivity contribution in [2.75, 3.05) is 0 Å². The summed E-state index contributed by atoms with van der Waals surface area (Å²) in [4.78, 5) is 0.